The number of rotatable bonds is 13. The molecule has 5 nitrogen and oxygen atoms in total. The van der Waals surface area contributed by atoms with Gasteiger partial charge in [0.25, 0.3) is 0 Å². The second-order valence-corrected chi connectivity index (χ2v) is 8.89. The zero-order valence-electron chi connectivity index (χ0n) is 16.6. The molecule has 3 rings (SSSR count). The van der Waals surface area contributed by atoms with Crippen molar-refractivity contribution in [2.75, 3.05) is 0 Å². The molecule has 0 heterocycles. The summed E-state index contributed by atoms with van der Waals surface area (Å²) < 4.78 is 0. The van der Waals surface area contributed by atoms with E-state index in [1.54, 1.807) is 6.07 Å². The van der Waals surface area contributed by atoms with Crippen LogP contribution in [-0.4, -0.2) is 27.3 Å². The molecule has 0 aliphatic heterocycles. The van der Waals surface area contributed by atoms with Crippen LogP contribution in [0.25, 0.3) is 0 Å². The van der Waals surface area contributed by atoms with Crippen molar-refractivity contribution >= 4 is 11.9 Å². The molecule has 0 atom stereocenters. The van der Waals surface area contributed by atoms with E-state index in [0.29, 0.717) is 0 Å². The number of benzene rings is 1. The van der Waals surface area contributed by atoms with Gasteiger partial charge in [-0.3, -0.25) is 9.59 Å². The van der Waals surface area contributed by atoms with Crippen molar-refractivity contribution in [3.8, 4) is 5.75 Å². The molecule has 2 aliphatic rings. The fourth-order valence-corrected chi connectivity index (χ4v) is 4.27. The fourth-order valence-electron chi connectivity index (χ4n) is 4.27. The summed E-state index contributed by atoms with van der Waals surface area (Å²) >= 11 is 0. The number of hydrogen-bond acceptors (Lipinski definition) is 3. The van der Waals surface area contributed by atoms with Gasteiger partial charge < -0.3 is 15.3 Å². The lowest BCUT2D eigenvalue weighted by molar-refractivity contribution is -0.144. The fraction of sp³-hybridized carbons (Fsp3) is 0.652. The third-order valence-corrected chi connectivity index (χ3v) is 6.76. The predicted octanol–water partition coefficient (Wildman–Crippen LogP) is 4.94. The highest BCUT2D eigenvalue weighted by Crippen LogP contribution is 2.50. The topological polar surface area (TPSA) is 94.8 Å². The van der Waals surface area contributed by atoms with Crippen LogP contribution >= 0.6 is 0 Å². The molecule has 2 aliphatic carbocycles. The van der Waals surface area contributed by atoms with Gasteiger partial charge in [0.1, 0.15) is 5.75 Å². The van der Waals surface area contributed by atoms with Gasteiger partial charge in [-0.2, -0.15) is 0 Å². The van der Waals surface area contributed by atoms with E-state index in [0.717, 1.165) is 83.5 Å². The van der Waals surface area contributed by atoms with E-state index in [9.17, 15) is 24.9 Å². The standard InChI is InChI=1S/C23H32O5/c24-19-9-8-17(6-3-5-11-23(14-15-23)21(27)28)18(16-19)7-2-1-4-10-22(12-13-22)20(25)26/h8-9,16,24H,1-7,10-15H2,(H,25,26)(H,27,28). The number of phenolic OH excluding ortho intramolecular Hbond substituents is 1. The Bertz CT molecular complexity index is 716. The molecule has 28 heavy (non-hydrogen) atoms. The van der Waals surface area contributed by atoms with Crippen LogP contribution in [0.5, 0.6) is 5.75 Å². The van der Waals surface area contributed by atoms with Gasteiger partial charge in [0, 0.05) is 0 Å². The maximum absolute atomic E-state index is 11.3. The number of carbonyl (C=O) groups is 2. The Morgan fingerprint density at radius 1 is 0.750 bits per heavy atom. The maximum Gasteiger partial charge on any atom is 0.309 e. The number of carboxylic acids is 2. The van der Waals surface area contributed by atoms with Crippen molar-refractivity contribution in [3.05, 3.63) is 29.3 Å². The van der Waals surface area contributed by atoms with Crippen molar-refractivity contribution in [1.82, 2.24) is 0 Å². The van der Waals surface area contributed by atoms with E-state index in [1.165, 1.54) is 11.1 Å². The van der Waals surface area contributed by atoms with Crippen molar-refractivity contribution in [2.24, 2.45) is 10.8 Å². The molecular weight excluding hydrogens is 356 g/mol. The third kappa shape index (κ3) is 5.06. The van der Waals surface area contributed by atoms with E-state index in [1.807, 2.05) is 12.1 Å². The lowest BCUT2D eigenvalue weighted by Gasteiger charge is -2.13. The van der Waals surface area contributed by atoms with Gasteiger partial charge in [-0.05, 0) is 87.5 Å². The van der Waals surface area contributed by atoms with Crippen LogP contribution in [0.1, 0.15) is 81.8 Å². The first-order valence-electron chi connectivity index (χ1n) is 10.6. The first kappa shape index (κ1) is 20.7. The van der Waals surface area contributed by atoms with Crippen LogP contribution in [0.15, 0.2) is 18.2 Å². The molecule has 0 amide bonds. The summed E-state index contributed by atoms with van der Waals surface area (Å²) in [7, 11) is 0. The van der Waals surface area contributed by atoms with Crippen LogP contribution in [0, 0.1) is 10.8 Å². The quantitative estimate of drug-likeness (QED) is 0.416. The van der Waals surface area contributed by atoms with Gasteiger partial charge >= 0.3 is 11.9 Å². The average molecular weight is 389 g/mol. The zero-order chi connectivity index (χ0) is 20.2. The molecule has 0 unspecified atom stereocenters. The third-order valence-electron chi connectivity index (χ3n) is 6.76. The van der Waals surface area contributed by atoms with Gasteiger partial charge in [-0.15, -0.1) is 0 Å². The molecule has 154 valence electrons. The maximum atomic E-state index is 11.3. The number of phenols is 1. The molecule has 1 aromatic rings. The summed E-state index contributed by atoms with van der Waals surface area (Å²) in [6.45, 7) is 0. The van der Waals surface area contributed by atoms with Crippen LogP contribution in [-0.2, 0) is 22.4 Å². The highest BCUT2D eigenvalue weighted by Gasteiger charge is 2.49. The summed E-state index contributed by atoms with van der Waals surface area (Å²) in [6, 6.07) is 5.55. The number of aliphatic carboxylic acids is 2. The number of aryl methyl sites for hydroxylation is 2. The SMILES string of the molecule is O=C(O)C1(CCCCCc2cc(O)ccc2CCCCC2(C(=O)O)CC2)CC1. The van der Waals surface area contributed by atoms with Crippen molar-refractivity contribution in [1.29, 1.82) is 0 Å². The lowest BCUT2D eigenvalue weighted by Crippen LogP contribution is -2.14. The number of carboxylic acid groups (broad SMARTS) is 2. The molecule has 0 spiro atoms. The molecule has 0 bridgehead atoms. The molecule has 2 fully saturated rings. The zero-order valence-corrected chi connectivity index (χ0v) is 16.6. The normalized spacial score (nSPS) is 18.6. The second kappa shape index (κ2) is 8.54. The molecule has 3 N–H and O–H groups in total. The molecule has 5 heteroatoms. The number of aromatic hydroxyl groups is 1. The molecule has 0 saturated heterocycles. The first-order valence-corrected chi connectivity index (χ1v) is 10.6. The van der Waals surface area contributed by atoms with Gasteiger partial charge in [0.05, 0.1) is 10.8 Å². The number of unbranched alkanes of at least 4 members (excludes halogenated alkanes) is 3. The van der Waals surface area contributed by atoms with Gasteiger partial charge in [-0.25, -0.2) is 0 Å². The second-order valence-electron chi connectivity index (χ2n) is 8.89. The Morgan fingerprint density at radius 2 is 1.25 bits per heavy atom. The minimum Gasteiger partial charge on any atom is -0.508 e. The Hall–Kier alpha value is -2.04. The molecule has 0 radical (unpaired) electrons. The Balaban J connectivity index is 1.40. The summed E-state index contributed by atoms with van der Waals surface area (Å²) in [5, 5.41) is 28.3. The molecular formula is C23H32O5. The highest BCUT2D eigenvalue weighted by atomic mass is 16.4. The van der Waals surface area contributed by atoms with Crippen LogP contribution < -0.4 is 0 Å². The van der Waals surface area contributed by atoms with Gasteiger partial charge in [0.15, 0.2) is 0 Å². The summed E-state index contributed by atoms with van der Waals surface area (Å²) in [4.78, 5) is 22.5. The first-order chi connectivity index (χ1) is 13.4. The Labute approximate surface area is 166 Å². The van der Waals surface area contributed by atoms with Crippen LogP contribution in [0.2, 0.25) is 0 Å². The molecule has 0 aromatic heterocycles. The largest absolute Gasteiger partial charge is 0.508 e. The minimum absolute atomic E-state index is 0.282. The molecule has 1 aromatic carbocycles. The molecule has 2 saturated carbocycles. The summed E-state index contributed by atoms with van der Waals surface area (Å²) in [5.41, 5.74) is 1.54. The van der Waals surface area contributed by atoms with Crippen LogP contribution in [0.4, 0.5) is 0 Å². The number of hydrogen-bond donors (Lipinski definition) is 3. The van der Waals surface area contributed by atoms with E-state index >= 15 is 0 Å². The predicted molar refractivity (Wildman–Crippen MR) is 106 cm³/mol. The minimum atomic E-state index is -0.645. The van der Waals surface area contributed by atoms with E-state index in [-0.39, 0.29) is 5.75 Å². The van der Waals surface area contributed by atoms with Gasteiger partial charge in [-0.1, -0.05) is 25.3 Å². The average Bonchev–Trinajstić information content (AvgIpc) is 3.55. The highest BCUT2D eigenvalue weighted by molar-refractivity contribution is 5.78. The van der Waals surface area contributed by atoms with Crippen molar-refractivity contribution in [3.63, 3.8) is 0 Å². The van der Waals surface area contributed by atoms with Gasteiger partial charge in [0.2, 0.25) is 0 Å². The van der Waals surface area contributed by atoms with E-state index < -0.39 is 22.8 Å². The lowest BCUT2D eigenvalue weighted by atomic mass is 9.93. The Kier molecular flexibility index (Phi) is 6.31. The monoisotopic (exact) mass is 388 g/mol. The smallest absolute Gasteiger partial charge is 0.309 e. The van der Waals surface area contributed by atoms with E-state index in [2.05, 4.69) is 0 Å². The van der Waals surface area contributed by atoms with Crippen molar-refractivity contribution in [2.45, 2.75) is 83.5 Å². The Morgan fingerprint density at radius 3 is 1.79 bits per heavy atom. The van der Waals surface area contributed by atoms with Crippen LogP contribution in [0.3, 0.4) is 0 Å². The van der Waals surface area contributed by atoms with E-state index in [4.69, 9.17) is 0 Å². The van der Waals surface area contributed by atoms with Crippen molar-refractivity contribution < 1.29 is 24.9 Å². The summed E-state index contributed by atoms with van der Waals surface area (Å²) in [6.07, 6.45) is 11.4. The summed E-state index contributed by atoms with van der Waals surface area (Å²) in [5.74, 6) is -1.00.